The Labute approximate surface area is 163 Å². The molecule has 1 N–H and O–H groups in total. The van der Waals surface area contributed by atoms with Crippen LogP contribution < -0.4 is 5.32 Å². The number of hydrogen-bond acceptors (Lipinski definition) is 4. The van der Waals surface area contributed by atoms with E-state index in [1.807, 2.05) is 51.0 Å². The Morgan fingerprint density at radius 3 is 2.52 bits per heavy atom. The van der Waals surface area contributed by atoms with Gasteiger partial charge in [0, 0.05) is 24.5 Å². The third-order valence-corrected chi connectivity index (χ3v) is 5.02. The second-order valence-corrected chi connectivity index (χ2v) is 6.85. The number of halogens is 1. The fraction of sp³-hybridized carbons (Fsp3) is 0.444. The lowest BCUT2D eigenvalue weighted by atomic mass is 10.2. The van der Waals surface area contributed by atoms with Gasteiger partial charge >= 0.3 is 0 Å². The van der Waals surface area contributed by atoms with Gasteiger partial charge in [-0.3, -0.25) is 18.8 Å². The van der Waals surface area contributed by atoms with Crippen LogP contribution in [0.3, 0.4) is 0 Å². The van der Waals surface area contributed by atoms with E-state index >= 15 is 0 Å². The molecule has 144 valence electrons. The lowest BCUT2D eigenvalue weighted by Crippen LogP contribution is -2.27. The quantitative estimate of drug-likeness (QED) is 0.672. The summed E-state index contributed by atoms with van der Waals surface area (Å²) in [5, 5.41) is 16.5. The first kappa shape index (κ1) is 19.2. The van der Waals surface area contributed by atoms with Crippen molar-refractivity contribution in [3.8, 4) is 0 Å². The molecule has 27 heavy (non-hydrogen) atoms. The van der Waals surface area contributed by atoms with Crippen molar-refractivity contribution < 1.29 is 4.79 Å². The SMILES string of the molecule is CCC(C(=O)Nc1cnn(Cc2cnn(CC)c2)c1)n1nc(C)c(Cl)c1C. The first-order valence-corrected chi connectivity index (χ1v) is 9.36. The maximum atomic E-state index is 12.8. The molecule has 8 nitrogen and oxygen atoms in total. The average Bonchev–Trinajstić information content (AvgIpc) is 3.34. The molecule has 3 rings (SSSR count). The van der Waals surface area contributed by atoms with E-state index in [-0.39, 0.29) is 5.91 Å². The van der Waals surface area contributed by atoms with E-state index < -0.39 is 6.04 Å². The van der Waals surface area contributed by atoms with Crippen LogP contribution in [0.5, 0.6) is 0 Å². The van der Waals surface area contributed by atoms with Crippen LogP contribution in [0.4, 0.5) is 5.69 Å². The van der Waals surface area contributed by atoms with Crippen molar-refractivity contribution in [3.63, 3.8) is 0 Å². The molecule has 0 saturated heterocycles. The van der Waals surface area contributed by atoms with Crippen molar-refractivity contribution in [2.45, 2.75) is 53.2 Å². The first-order valence-electron chi connectivity index (χ1n) is 8.98. The lowest BCUT2D eigenvalue weighted by molar-refractivity contribution is -0.119. The summed E-state index contributed by atoms with van der Waals surface area (Å²) >= 11 is 6.22. The summed E-state index contributed by atoms with van der Waals surface area (Å²) in [5.41, 5.74) is 3.22. The third kappa shape index (κ3) is 4.05. The number of nitrogens with zero attached hydrogens (tertiary/aromatic N) is 6. The highest BCUT2D eigenvalue weighted by molar-refractivity contribution is 6.31. The highest BCUT2D eigenvalue weighted by Gasteiger charge is 2.23. The van der Waals surface area contributed by atoms with Gasteiger partial charge in [0.2, 0.25) is 5.91 Å². The zero-order valence-electron chi connectivity index (χ0n) is 16.0. The van der Waals surface area contributed by atoms with Gasteiger partial charge in [0.05, 0.1) is 41.0 Å². The first-order chi connectivity index (χ1) is 12.9. The fourth-order valence-electron chi connectivity index (χ4n) is 3.00. The topological polar surface area (TPSA) is 82.6 Å². The van der Waals surface area contributed by atoms with Crippen LogP contribution >= 0.6 is 11.6 Å². The van der Waals surface area contributed by atoms with Gasteiger partial charge in [0.1, 0.15) is 6.04 Å². The number of carbonyl (C=O) groups excluding carboxylic acids is 1. The molecule has 0 aliphatic carbocycles. The van der Waals surface area contributed by atoms with E-state index in [4.69, 9.17) is 11.6 Å². The lowest BCUT2D eigenvalue weighted by Gasteiger charge is -2.16. The fourth-order valence-corrected chi connectivity index (χ4v) is 3.13. The Balaban J connectivity index is 1.69. The standard InChI is InChI=1S/C18H24ClN7O/c1-5-16(26-13(4)17(19)12(3)23-26)18(27)22-15-8-21-25(11-15)10-14-7-20-24(6-2)9-14/h7-9,11,16H,5-6,10H2,1-4H3,(H,22,27). The number of nitrogens with one attached hydrogen (secondary N) is 1. The second-order valence-electron chi connectivity index (χ2n) is 6.47. The normalized spacial score (nSPS) is 12.3. The van der Waals surface area contributed by atoms with E-state index in [0.717, 1.165) is 23.5 Å². The summed E-state index contributed by atoms with van der Waals surface area (Å²) in [7, 11) is 0. The molecule has 3 aromatic rings. The van der Waals surface area contributed by atoms with Gasteiger partial charge < -0.3 is 5.32 Å². The zero-order valence-corrected chi connectivity index (χ0v) is 16.7. The predicted molar refractivity (Wildman–Crippen MR) is 104 cm³/mol. The Kier molecular flexibility index (Phi) is 5.65. The van der Waals surface area contributed by atoms with Crippen molar-refractivity contribution in [1.82, 2.24) is 29.3 Å². The highest BCUT2D eigenvalue weighted by Crippen LogP contribution is 2.24. The number of hydrogen-bond donors (Lipinski definition) is 1. The van der Waals surface area contributed by atoms with E-state index in [0.29, 0.717) is 23.7 Å². The molecular formula is C18H24ClN7O. The summed E-state index contributed by atoms with van der Waals surface area (Å²) < 4.78 is 5.33. The largest absolute Gasteiger partial charge is 0.322 e. The van der Waals surface area contributed by atoms with Gasteiger partial charge in [0.25, 0.3) is 0 Å². The van der Waals surface area contributed by atoms with Crippen LogP contribution in [-0.2, 0) is 17.9 Å². The van der Waals surface area contributed by atoms with Gasteiger partial charge in [0.15, 0.2) is 0 Å². The monoisotopic (exact) mass is 389 g/mol. The number of amides is 1. The molecule has 0 aromatic carbocycles. The summed E-state index contributed by atoms with van der Waals surface area (Å²) in [4.78, 5) is 12.8. The summed E-state index contributed by atoms with van der Waals surface area (Å²) in [5.74, 6) is -0.141. The molecule has 0 aliphatic rings. The van der Waals surface area contributed by atoms with Crippen molar-refractivity contribution in [2.24, 2.45) is 0 Å². The van der Waals surface area contributed by atoms with Gasteiger partial charge in [-0.1, -0.05) is 18.5 Å². The van der Waals surface area contributed by atoms with E-state index in [2.05, 4.69) is 20.6 Å². The molecule has 0 aliphatic heterocycles. The third-order valence-electron chi connectivity index (χ3n) is 4.48. The van der Waals surface area contributed by atoms with Crippen LogP contribution in [-0.4, -0.2) is 35.2 Å². The molecule has 0 bridgehead atoms. The molecule has 3 aromatic heterocycles. The molecule has 0 fully saturated rings. The van der Waals surface area contributed by atoms with Crippen LogP contribution in [0.15, 0.2) is 24.8 Å². The average molecular weight is 390 g/mol. The van der Waals surface area contributed by atoms with Gasteiger partial charge in [-0.05, 0) is 27.2 Å². The Morgan fingerprint density at radius 2 is 1.93 bits per heavy atom. The molecule has 0 radical (unpaired) electrons. The van der Waals surface area contributed by atoms with Crippen LogP contribution in [0.25, 0.3) is 0 Å². The number of rotatable bonds is 7. The van der Waals surface area contributed by atoms with E-state index in [9.17, 15) is 4.79 Å². The maximum absolute atomic E-state index is 12.8. The Bertz CT molecular complexity index is 940. The minimum Gasteiger partial charge on any atom is -0.322 e. The molecule has 1 amide bonds. The van der Waals surface area contributed by atoms with Crippen LogP contribution in [0, 0.1) is 13.8 Å². The Hall–Kier alpha value is -2.61. The van der Waals surface area contributed by atoms with Crippen molar-refractivity contribution in [3.05, 3.63) is 46.8 Å². The number of anilines is 1. The number of aryl methyl sites for hydroxylation is 2. The van der Waals surface area contributed by atoms with Crippen molar-refractivity contribution in [2.75, 3.05) is 5.32 Å². The molecule has 1 atom stereocenters. The molecular weight excluding hydrogens is 366 g/mol. The van der Waals surface area contributed by atoms with E-state index in [1.54, 1.807) is 15.6 Å². The summed E-state index contributed by atoms with van der Waals surface area (Å²) in [6, 6.07) is -0.428. The van der Waals surface area contributed by atoms with Crippen LogP contribution in [0.2, 0.25) is 5.02 Å². The minimum atomic E-state index is -0.428. The van der Waals surface area contributed by atoms with Crippen LogP contribution in [0.1, 0.15) is 43.3 Å². The highest BCUT2D eigenvalue weighted by atomic mass is 35.5. The smallest absolute Gasteiger partial charge is 0.249 e. The van der Waals surface area contributed by atoms with Gasteiger partial charge in [-0.2, -0.15) is 15.3 Å². The van der Waals surface area contributed by atoms with E-state index in [1.165, 1.54) is 0 Å². The van der Waals surface area contributed by atoms with Gasteiger partial charge in [-0.25, -0.2) is 0 Å². The summed E-state index contributed by atoms with van der Waals surface area (Å²) in [6.07, 6.45) is 7.86. The minimum absolute atomic E-state index is 0.141. The van der Waals surface area contributed by atoms with Crippen molar-refractivity contribution in [1.29, 1.82) is 0 Å². The number of aromatic nitrogens is 6. The summed E-state index contributed by atoms with van der Waals surface area (Å²) in [6.45, 7) is 9.12. The molecule has 1 unspecified atom stereocenters. The zero-order chi connectivity index (χ0) is 19.6. The predicted octanol–water partition coefficient (Wildman–Crippen LogP) is 3.20. The molecule has 3 heterocycles. The molecule has 9 heteroatoms. The maximum Gasteiger partial charge on any atom is 0.249 e. The Morgan fingerprint density at radius 1 is 1.19 bits per heavy atom. The second kappa shape index (κ2) is 7.96. The molecule has 0 spiro atoms. The number of carbonyl (C=O) groups is 1. The van der Waals surface area contributed by atoms with Gasteiger partial charge in [-0.15, -0.1) is 0 Å². The molecule has 0 saturated carbocycles. The van der Waals surface area contributed by atoms with Crippen molar-refractivity contribution >= 4 is 23.2 Å².